The first-order valence-corrected chi connectivity index (χ1v) is 15.2. The highest BCUT2D eigenvalue weighted by Crippen LogP contribution is 2.37. The van der Waals surface area contributed by atoms with Crippen molar-refractivity contribution in [3.8, 4) is 17.3 Å². The van der Waals surface area contributed by atoms with Crippen LogP contribution in [0.25, 0.3) is 27.6 Å². The first-order valence-electron chi connectivity index (χ1n) is 15.2. The number of hydrogen-bond donors (Lipinski definition) is 0. The van der Waals surface area contributed by atoms with Gasteiger partial charge in [0, 0.05) is 52.9 Å². The summed E-state index contributed by atoms with van der Waals surface area (Å²) in [6, 6.07) is 32.0. The summed E-state index contributed by atoms with van der Waals surface area (Å²) in [5.41, 5.74) is 9.71. The highest BCUT2D eigenvalue weighted by molar-refractivity contribution is 6.09. The lowest BCUT2D eigenvalue weighted by Gasteiger charge is -2.24. The van der Waals surface area contributed by atoms with E-state index in [4.69, 9.17) is 9.72 Å². The average molecular weight is 579 g/mol. The third-order valence-corrected chi connectivity index (χ3v) is 8.70. The van der Waals surface area contributed by atoms with Gasteiger partial charge in [-0.2, -0.15) is 0 Å². The molecule has 44 heavy (non-hydrogen) atoms. The summed E-state index contributed by atoms with van der Waals surface area (Å²) in [5.74, 6) is 2.49. The number of para-hydroxylation sites is 1. The van der Waals surface area contributed by atoms with E-state index in [2.05, 4.69) is 153 Å². The van der Waals surface area contributed by atoms with Crippen molar-refractivity contribution in [1.29, 1.82) is 0 Å². The second-order valence-corrected chi connectivity index (χ2v) is 12.9. The number of ether oxygens (including phenoxy) is 1. The molecule has 0 saturated heterocycles. The molecule has 6 aromatic rings. The second kappa shape index (κ2) is 10.6. The molecule has 3 heterocycles. The van der Waals surface area contributed by atoms with E-state index in [0.717, 1.165) is 40.7 Å². The van der Waals surface area contributed by atoms with Crippen LogP contribution in [0.2, 0.25) is 0 Å². The number of aryl methyl sites for hydroxylation is 2. The van der Waals surface area contributed by atoms with Crippen molar-refractivity contribution in [2.24, 2.45) is 0 Å². The molecular weight excluding hydrogens is 540 g/mol. The molecule has 0 spiro atoms. The summed E-state index contributed by atoms with van der Waals surface area (Å²) in [6.07, 6.45) is 6.21. The fourth-order valence-electron chi connectivity index (χ4n) is 6.19. The molecule has 7 rings (SSSR count). The van der Waals surface area contributed by atoms with Gasteiger partial charge in [-0.25, -0.2) is 4.98 Å². The van der Waals surface area contributed by atoms with Crippen molar-refractivity contribution in [1.82, 2.24) is 9.55 Å². The minimum Gasteiger partial charge on any atom is -0.457 e. The summed E-state index contributed by atoms with van der Waals surface area (Å²) >= 11 is 0. The maximum Gasteiger partial charge on any atom is 0.137 e. The van der Waals surface area contributed by atoms with E-state index in [-0.39, 0.29) is 5.41 Å². The standard InChI is InChI=1S/C39H38N4O/c1-26-20-27(2)28(3)36(21-26)42-19-18-41(25-42)30-10-9-11-31(23-30)44-32-14-15-34-33-12-7-8-13-35(33)43(37(34)24-32)38-22-29(16-17-40-38)39(4,5)6/h7-24H,25H2,1-6H3. The summed E-state index contributed by atoms with van der Waals surface area (Å²) in [4.78, 5) is 9.37. The summed E-state index contributed by atoms with van der Waals surface area (Å²) in [5, 5.41) is 2.37. The van der Waals surface area contributed by atoms with Gasteiger partial charge in [0.25, 0.3) is 0 Å². The molecule has 1 aliphatic heterocycles. The van der Waals surface area contributed by atoms with E-state index in [1.165, 1.54) is 38.7 Å². The number of nitrogens with zero attached hydrogens (tertiary/aromatic N) is 4. The van der Waals surface area contributed by atoms with E-state index in [1.54, 1.807) is 0 Å². The number of aromatic nitrogens is 2. The Labute approximate surface area is 259 Å². The lowest BCUT2D eigenvalue weighted by atomic mass is 9.88. The highest BCUT2D eigenvalue weighted by atomic mass is 16.5. The zero-order valence-corrected chi connectivity index (χ0v) is 26.3. The quantitative estimate of drug-likeness (QED) is 0.204. The normalized spacial score (nSPS) is 13.4. The smallest absolute Gasteiger partial charge is 0.137 e. The number of benzene rings is 4. The average Bonchev–Trinajstić information content (AvgIpc) is 3.62. The van der Waals surface area contributed by atoms with E-state index in [1.807, 2.05) is 12.3 Å². The molecule has 220 valence electrons. The van der Waals surface area contributed by atoms with E-state index < -0.39 is 0 Å². The largest absolute Gasteiger partial charge is 0.457 e. The minimum atomic E-state index is 0.0229. The molecular formula is C39H38N4O. The summed E-state index contributed by atoms with van der Waals surface area (Å²) in [7, 11) is 0. The molecule has 0 amide bonds. The van der Waals surface area contributed by atoms with Crippen molar-refractivity contribution >= 4 is 33.2 Å². The second-order valence-electron chi connectivity index (χ2n) is 12.9. The Morgan fingerprint density at radius 2 is 1.48 bits per heavy atom. The van der Waals surface area contributed by atoms with Crippen molar-refractivity contribution in [2.45, 2.75) is 47.0 Å². The molecule has 0 unspecified atom stereocenters. The van der Waals surface area contributed by atoms with E-state index >= 15 is 0 Å². The first-order chi connectivity index (χ1) is 21.2. The van der Waals surface area contributed by atoms with Crippen molar-refractivity contribution in [3.63, 3.8) is 0 Å². The van der Waals surface area contributed by atoms with Gasteiger partial charge in [-0.3, -0.25) is 4.57 Å². The molecule has 1 aliphatic rings. The maximum atomic E-state index is 6.52. The molecule has 0 aliphatic carbocycles. The SMILES string of the molecule is Cc1cc(C)c(C)c(N2C=CN(c3cccc(Oc4ccc5c6ccccc6n(-c6cc(C(C)(C)C)ccn6)c5c4)c3)C2)c1. The third-order valence-electron chi connectivity index (χ3n) is 8.70. The molecule has 2 aromatic heterocycles. The van der Waals surface area contributed by atoms with Crippen LogP contribution in [0.5, 0.6) is 11.5 Å². The Hall–Kier alpha value is -5.03. The zero-order valence-electron chi connectivity index (χ0n) is 26.3. The highest BCUT2D eigenvalue weighted by Gasteiger charge is 2.20. The molecule has 0 saturated carbocycles. The molecule has 0 atom stereocenters. The van der Waals surface area contributed by atoms with Gasteiger partial charge >= 0.3 is 0 Å². The zero-order chi connectivity index (χ0) is 30.6. The van der Waals surface area contributed by atoms with Crippen molar-refractivity contribution < 1.29 is 4.74 Å². The number of pyridine rings is 1. The van der Waals surface area contributed by atoms with Crippen LogP contribution in [0, 0.1) is 20.8 Å². The number of hydrogen-bond acceptors (Lipinski definition) is 4. The topological polar surface area (TPSA) is 33.5 Å². The molecule has 5 nitrogen and oxygen atoms in total. The molecule has 0 radical (unpaired) electrons. The molecule has 0 bridgehead atoms. The summed E-state index contributed by atoms with van der Waals surface area (Å²) < 4.78 is 8.77. The maximum absolute atomic E-state index is 6.52. The van der Waals surface area contributed by atoms with Crippen LogP contribution in [-0.2, 0) is 5.41 Å². The number of anilines is 2. The van der Waals surface area contributed by atoms with E-state index in [9.17, 15) is 0 Å². The van der Waals surface area contributed by atoms with Gasteiger partial charge in [-0.1, -0.05) is 51.1 Å². The van der Waals surface area contributed by atoms with Crippen LogP contribution in [0.1, 0.15) is 43.0 Å². The molecule has 0 N–H and O–H groups in total. The van der Waals surface area contributed by atoms with Gasteiger partial charge in [0.2, 0.25) is 0 Å². The predicted octanol–water partition coefficient (Wildman–Crippen LogP) is 9.95. The lowest BCUT2D eigenvalue weighted by molar-refractivity contribution is 0.483. The van der Waals surface area contributed by atoms with Gasteiger partial charge in [-0.05, 0) is 97.0 Å². The Morgan fingerprint density at radius 3 is 2.32 bits per heavy atom. The fourth-order valence-corrected chi connectivity index (χ4v) is 6.19. The van der Waals surface area contributed by atoms with Gasteiger partial charge in [0.15, 0.2) is 0 Å². The van der Waals surface area contributed by atoms with Gasteiger partial charge in [0.05, 0.1) is 17.7 Å². The molecule has 4 aromatic carbocycles. The number of rotatable bonds is 5. The summed E-state index contributed by atoms with van der Waals surface area (Å²) in [6.45, 7) is 14.0. The van der Waals surface area contributed by atoms with Crippen molar-refractivity contribution in [2.75, 3.05) is 16.5 Å². The Kier molecular flexibility index (Phi) is 6.69. The van der Waals surface area contributed by atoms with Crippen LogP contribution in [0.4, 0.5) is 11.4 Å². The van der Waals surface area contributed by atoms with Gasteiger partial charge in [-0.15, -0.1) is 0 Å². The number of fused-ring (bicyclic) bond motifs is 3. The monoisotopic (exact) mass is 578 g/mol. The van der Waals surface area contributed by atoms with Crippen LogP contribution < -0.4 is 14.5 Å². The first kappa shape index (κ1) is 27.8. The third kappa shape index (κ3) is 4.98. The van der Waals surface area contributed by atoms with Crippen LogP contribution >= 0.6 is 0 Å². The molecule has 5 heteroatoms. The van der Waals surface area contributed by atoms with E-state index in [0.29, 0.717) is 0 Å². The predicted molar refractivity (Wildman–Crippen MR) is 183 cm³/mol. The van der Waals surface area contributed by atoms with Gasteiger partial charge < -0.3 is 14.5 Å². The van der Waals surface area contributed by atoms with Gasteiger partial charge in [0.1, 0.15) is 17.3 Å². The molecule has 0 fully saturated rings. The Bertz CT molecular complexity index is 2060. The van der Waals surface area contributed by atoms with Crippen LogP contribution in [0.15, 0.2) is 110 Å². The van der Waals surface area contributed by atoms with Crippen LogP contribution in [0.3, 0.4) is 0 Å². The Balaban J connectivity index is 1.21. The minimum absolute atomic E-state index is 0.0229. The van der Waals surface area contributed by atoms with Crippen molar-refractivity contribution in [3.05, 3.63) is 132 Å². The fraction of sp³-hybridized carbons (Fsp3) is 0.205. The Morgan fingerprint density at radius 1 is 0.705 bits per heavy atom. The lowest BCUT2D eigenvalue weighted by Crippen LogP contribution is -2.25. The van der Waals surface area contributed by atoms with Crippen LogP contribution in [-0.4, -0.2) is 16.2 Å².